The van der Waals surface area contributed by atoms with E-state index < -0.39 is 5.91 Å². The van der Waals surface area contributed by atoms with Crippen LogP contribution in [0.3, 0.4) is 0 Å². The summed E-state index contributed by atoms with van der Waals surface area (Å²) in [7, 11) is 1.44. The first-order valence-corrected chi connectivity index (χ1v) is 7.37. The molecule has 124 valence electrons. The third-order valence-electron chi connectivity index (χ3n) is 2.92. The topological polar surface area (TPSA) is 77.0 Å². The summed E-state index contributed by atoms with van der Waals surface area (Å²) < 4.78 is 9.86. The van der Waals surface area contributed by atoms with Gasteiger partial charge in [-0.1, -0.05) is 23.2 Å². The van der Waals surface area contributed by atoms with Crippen LogP contribution in [-0.4, -0.2) is 25.7 Å². The standard InChI is InChI=1S/C16H12Cl2N2O4/c1-23-15-6-10(2-5-14(15)24-9-21)8-19-20-16(22)12-4-3-11(17)7-13(12)18/h2-9H,1H3,(H,20,22)/b19-8+. The van der Waals surface area contributed by atoms with Crippen molar-refractivity contribution in [3.8, 4) is 11.5 Å². The van der Waals surface area contributed by atoms with Gasteiger partial charge < -0.3 is 9.47 Å². The third kappa shape index (κ3) is 4.47. The minimum absolute atomic E-state index is 0.229. The zero-order chi connectivity index (χ0) is 17.5. The van der Waals surface area contributed by atoms with Crippen molar-refractivity contribution in [2.24, 2.45) is 5.10 Å². The van der Waals surface area contributed by atoms with Gasteiger partial charge in [-0.25, -0.2) is 5.43 Å². The average molecular weight is 367 g/mol. The van der Waals surface area contributed by atoms with E-state index in [4.69, 9.17) is 32.7 Å². The smallest absolute Gasteiger partial charge is 0.298 e. The fraction of sp³-hybridized carbons (Fsp3) is 0.0625. The van der Waals surface area contributed by atoms with Crippen LogP contribution in [0.2, 0.25) is 10.0 Å². The molecule has 0 saturated carbocycles. The van der Waals surface area contributed by atoms with E-state index in [1.165, 1.54) is 25.5 Å². The molecule has 2 aromatic carbocycles. The Morgan fingerprint density at radius 3 is 2.62 bits per heavy atom. The fourth-order valence-electron chi connectivity index (χ4n) is 1.81. The molecule has 1 N–H and O–H groups in total. The summed E-state index contributed by atoms with van der Waals surface area (Å²) >= 11 is 11.7. The largest absolute Gasteiger partial charge is 0.493 e. The molecule has 0 bridgehead atoms. The van der Waals surface area contributed by atoms with Crippen LogP contribution in [0.15, 0.2) is 41.5 Å². The van der Waals surface area contributed by atoms with Gasteiger partial charge in [0.25, 0.3) is 12.4 Å². The SMILES string of the molecule is COc1cc(/C=N/NC(=O)c2ccc(Cl)cc2Cl)ccc1OC=O. The van der Waals surface area contributed by atoms with E-state index in [1.807, 2.05) is 0 Å². The van der Waals surface area contributed by atoms with Crippen molar-refractivity contribution in [1.82, 2.24) is 5.43 Å². The van der Waals surface area contributed by atoms with Crippen molar-refractivity contribution in [3.63, 3.8) is 0 Å². The molecule has 8 heteroatoms. The van der Waals surface area contributed by atoms with Crippen LogP contribution in [0.4, 0.5) is 0 Å². The molecule has 2 rings (SSSR count). The molecule has 0 atom stereocenters. The molecular formula is C16H12Cl2N2O4. The van der Waals surface area contributed by atoms with Gasteiger partial charge in [-0.05, 0) is 42.0 Å². The Labute approximate surface area is 148 Å². The lowest BCUT2D eigenvalue weighted by Gasteiger charge is -2.06. The number of ether oxygens (including phenoxy) is 2. The van der Waals surface area contributed by atoms with Gasteiger partial charge in [0.05, 0.1) is 23.9 Å². The molecule has 2 aromatic rings. The maximum absolute atomic E-state index is 12.0. The highest BCUT2D eigenvalue weighted by Crippen LogP contribution is 2.27. The molecule has 0 aliphatic rings. The Hall–Kier alpha value is -2.57. The zero-order valence-electron chi connectivity index (χ0n) is 12.5. The Bertz CT molecular complexity index is 794. The predicted octanol–water partition coefficient (Wildman–Crippen LogP) is 3.30. The number of amides is 1. The molecule has 0 spiro atoms. The molecular weight excluding hydrogens is 355 g/mol. The van der Waals surface area contributed by atoms with Gasteiger partial charge in [0.1, 0.15) is 0 Å². The maximum Gasteiger partial charge on any atom is 0.298 e. The Balaban J connectivity index is 2.08. The highest BCUT2D eigenvalue weighted by atomic mass is 35.5. The fourth-order valence-corrected chi connectivity index (χ4v) is 2.31. The first-order valence-electron chi connectivity index (χ1n) is 6.62. The van der Waals surface area contributed by atoms with Crippen LogP contribution < -0.4 is 14.9 Å². The van der Waals surface area contributed by atoms with Crippen LogP contribution in [0.25, 0.3) is 0 Å². The van der Waals surface area contributed by atoms with Gasteiger partial charge in [-0.2, -0.15) is 5.10 Å². The van der Waals surface area contributed by atoms with E-state index in [1.54, 1.807) is 24.3 Å². The molecule has 0 aliphatic carbocycles. The monoisotopic (exact) mass is 366 g/mol. The Kier molecular flexibility index (Phi) is 6.17. The van der Waals surface area contributed by atoms with Gasteiger partial charge in [0.15, 0.2) is 11.5 Å². The third-order valence-corrected chi connectivity index (χ3v) is 3.47. The molecule has 0 radical (unpaired) electrons. The second kappa shape index (κ2) is 8.33. The van der Waals surface area contributed by atoms with Gasteiger partial charge in [-0.15, -0.1) is 0 Å². The molecule has 0 heterocycles. The molecule has 1 amide bonds. The Morgan fingerprint density at radius 2 is 1.96 bits per heavy atom. The normalized spacial score (nSPS) is 10.5. The second-order valence-electron chi connectivity index (χ2n) is 4.45. The highest BCUT2D eigenvalue weighted by molar-refractivity contribution is 6.36. The van der Waals surface area contributed by atoms with E-state index in [0.29, 0.717) is 22.8 Å². The van der Waals surface area contributed by atoms with Crippen LogP contribution in [0.5, 0.6) is 11.5 Å². The number of carbonyl (C=O) groups is 2. The molecule has 0 aromatic heterocycles. The minimum atomic E-state index is -0.471. The summed E-state index contributed by atoms with van der Waals surface area (Å²) in [6, 6.07) is 9.33. The van der Waals surface area contributed by atoms with Crippen LogP contribution in [-0.2, 0) is 4.79 Å². The van der Waals surface area contributed by atoms with Crippen molar-refractivity contribution in [3.05, 3.63) is 57.6 Å². The predicted molar refractivity (Wildman–Crippen MR) is 91.2 cm³/mol. The van der Waals surface area contributed by atoms with Crippen molar-refractivity contribution in [2.45, 2.75) is 0 Å². The molecule has 0 unspecified atom stereocenters. The summed E-state index contributed by atoms with van der Waals surface area (Å²) in [5, 5.41) is 4.51. The molecule has 0 fully saturated rings. The number of methoxy groups -OCH3 is 1. The number of hydrogen-bond donors (Lipinski definition) is 1. The first-order chi connectivity index (χ1) is 11.5. The van der Waals surface area contributed by atoms with E-state index >= 15 is 0 Å². The lowest BCUT2D eigenvalue weighted by molar-refractivity contribution is -0.120. The zero-order valence-corrected chi connectivity index (χ0v) is 14.0. The summed E-state index contributed by atoms with van der Waals surface area (Å²) in [5.41, 5.74) is 3.25. The van der Waals surface area contributed by atoms with Crippen molar-refractivity contribution < 1.29 is 19.1 Å². The van der Waals surface area contributed by atoms with E-state index in [0.717, 1.165) is 0 Å². The first kappa shape index (κ1) is 17.8. The number of rotatable bonds is 6. The van der Waals surface area contributed by atoms with Crippen molar-refractivity contribution >= 4 is 41.8 Å². The number of halogens is 2. The summed E-state index contributed by atoms with van der Waals surface area (Å²) in [5.74, 6) is 0.167. The number of carbonyl (C=O) groups excluding carboxylic acids is 2. The molecule has 0 aliphatic heterocycles. The van der Waals surface area contributed by atoms with Crippen LogP contribution >= 0.6 is 23.2 Å². The second-order valence-corrected chi connectivity index (χ2v) is 5.29. The number of nitrogens with one attached hydrogen (secondary N) is 1. The van der Waals surface area contributed by atoms with Crippen molar-refractivity contribution in [1.29, 1.82) is 0 Å². The number of nitrogens with zero attached hydrogens (tertiary/aromatic N) is 1. The summed E-state index contributed by atoms with van der Waals surface area (Å²) in [6.45, 7) is 0.307. The van der Waals surface area contributed by atoms with Gasteiger partial charge >= 0.3 is 0 Å². The quantitative estimate of drug-likeness (QED) is 0.483. The average Bonchev–Trinajstić information content (AvgIpc) is 2.56. The molecule has 0 saturated heterocycles. The lowest BCUT2D eigenvalue weighted by Crippen LogP contribution is -2.18. The van der Waals surface area contributed by atoms with Gasteiger partial charge in [0.2, 0.25) is 0 Å². The molecule has 24 heavy (non-hydrogen) atoms. The lowest BCUT2D eigenvalue weighted by atomic mass is 10.2. The summed E-state index contributed by atoms with van der Waals surface area (Å²) in [6.07, 6.45) is 1.41. The number of hydrogen-bond acceptors (Lipinski definition) is 5. The van der Waals surface area contributed by atoms with Crippen LogP contribution in [0.1, 0.15) is 15.9 Å². The van der Waals surface area contributed by atoms with E-state index in [9.17, 15) is 9.59 Å². The number of benzene rings is 2. The van der Waals surface area contributed by atoms with E-state index in [2.05, 4.69) is 10.5 Å². The summed E-state index contributed by atoms with van der Waals surface area (Å²) in [4.78, 5) is 22.4. The van der Waals surface area contributed by atoms with Crippen molar-refractivity contribution in [2.75, 3.05) is 7.11 Å². The number of hydrazone groups is 1. The minimum Gasteiger partial charge on any atom is -0.493 e. The Morgan fingerprint density at radius 1 is 1.17 bits per heavy atom. The van der Waals surface area contributed by atoms with Gasteiger partial charge in [-0.3, -0.25) is 9.59 Å². The van der Waals surface area contributed by atoms with E-state index in [-0.39, 0.29) is 16.3 Å². The van der Waals surface area contributed by atoms with Crippen LogP contribution in [0, 0.1) is 0 Å². The highest BCUT2D eigenvalue weighted by Gasteiger charge is 2.10. The maximum atomic E-state index is 12.0. The molecule has 6 nitrogen and oxygen atoms in total. The van der Waals surface area contributed by atoms with Gasteiger partial charge in [0, 0.05) is 5.02 Å².